The summed E-state index contributed by atoms with van der Waals surface area (Å²) in [5, 5.41) is 10.2. The Bertz CT molecular complexity index is 579. The Hall–Kier alpha value is -2.21. The summed E-state index contributed by atoms with van der Waals surface area (Å²) < 4.78 is 29.0. The molecule has 4 nitrogen and oxygen atoms in total. The van der Waals surface area contributed by atoms with Gasteiger partial charge in [-0.05, 0) is 23.8 Å². The molecular weight excluding hydrogens is 266 g/mol. The van der Waals surface area contributed by atoms with Gasteiger partial charge in [0.15, 0.2) is 0 Å². The van der Waals surface area contributed by atoms with E-state index in [0.29, 0.717) is 11.4 Å². The van der Waals surface area contributed by atoms with Crippen LogP contribution in [0.1, 0.15) is 17.2 Å². The topological polar surface area (TPSA) is 68.4 Å². The minimum absolute atomic E-state index is 0.0305. The van der Waals surface area contributed by atoms with E-state index in [1.807, 2.05) is 0 Å². The third-order valence-electron chi connectivity index (χ3n) is 2.77. The van der Waals surface area contributed by atoms with Crippen molar-refractivity contribution in [2.24, 2.45) is 0 Å². The molecule has 6 heteroatoms. The fourth-order valence-electron chi connectivity index (χ4n) is 1.91. The first-order chi connectivity index (χ1) is 9.56. The molecule has 2 rings (SSSR count). The molecule has 0 fully saturated rings. The van der Waals surface area contributed by atoms with Crippen LogP contribution in [0, 0.1) is 0 Å². The van der Waals surface area contributed by atoms with Gasteiger partial charge in [-0.15, -0.1) is 0 Å². The van der Waals surface area contributed by atoms with Crippen LogP contribution in [0.3, 0.4) is 0 Å². The molecule has 1 heterocycles. The lowest BCUT2D eigenvalue weighted by Crippen LogP contribution is -2.09. The molecule has 0 saturated carbocycles. The van der Waals surface area contributed by atoms with Gasteiger partial charge in [-0.25, -0.2) is 4.98 Å². The maximum Gasteiger partial charge on any atom is 0.387 e. The summed E-state index contributed by atoms with van der Waals surface area (Å²) >= 11 is 0. The highest BCUT2D eigenvalue weighted by atomic mass is 19.3. The quantitative estimate of drug-likeness (QED) is 0.883. The number of ether oxygens (including phenoxy) is 1. The summed E-state index contributed by atoms with van der Waals surface area (Å²) in [5.41, 5.74) is 6.62. The molecule has 3 N–H and O–H groups in total. The van der Waals surface area contributed by atoms with E-state index in [1.165, 1.54) is 12.3 Å². The number of alkyl halides is 2. The minimum atomic E-state index is -2.93. The zero-order chi connectivity index (χ0) is 14.5. The van der Waals surface area contributed by atoms with E-state index in [-0.39, 0.29) is 12.2 Å². The predicted molar refractivity (Wildman–Crippen MR) is 70.4 cm³/mol. The van der Waals surface area contributed by atoms with Crippen molar-refractivity contribution < 1.29 is 18.6 Å². The molecule has 20 heavy (non-hydrogen) atoms. The van der Waals surface area contributed by atoms with E-state index in [1.54, 1.807) is 30.3 Å². The van der Waals surface area contributed by atoms with Crippen molar-refractivity contribution >= 4 is 5.82 Å². The van der Waals surface area contributed by atoms with Crippen LogP contribution in [0.5, 0.6) is 5.75 Å². The van der Waals surface area contributed by atoms with E-state index in [0.717, 1.165) is 5.56 Å². The summed E-state index contributed by atoms with van der Waals surface area (Å²) in [6.45, 7) is -2.93. The van der Waals surface area contributed by atoms with Gasteiger partial charge in [0, 0.05) is 18.2 Å². The number of pyridine rings is 1. The summed E-state index contributed by atoms with van der Waals surface area (Å²) in [6.07, 6.45) is 0.793. The third kappa shape index (κ3) is 3.64. The lowest BCUT2D eigenvalue weighted by atomic mass is 10.0. The SMILES string of the molecule is Nc1cc(CC(O)c2ccccc2OC(F)F)ccn1. The molecule has 0 aliphatic rings. The van der Waals surface area contributed by atoms with Crippen LogP contribution in [0.2, 0.25) is 0 Å². The van der Waals surface area contributed by atoms with E-state index in [2.05, 4.69) is 9.72 Å². The molecule has 1 aromatic carbocycles. The number of halogens is 2. The second-order valence-corrected chi connectivity index (χ2v) is 4.23. The zero-order valence-corrected chi connectivity index (χ0v) is 10.5. The lowest BCUT2D eigenvalue weighted by Gasteiger charge is -2.16. The molecule has 0 aliphatic heterocycles. The van der Waals surface area contributed by atoms with E-state index >= 15 is 0 Å². The van der Waals surface area contributed by atoms with Crippen molar-refractivity contribution in [3.63, 3.8) is 0 Å². The second kappa shape index (κ2) is 6.29. The monoisotopic (exact) mass is 280 g/mol. The number of nitrogens with zero attached hydrogens (tertiary/aromatic N) is 1. The molecule has 1 atom stereocenters. The first-order valence-corrected chi connectivity index (χ1v) is 5.98. The number of aliphatic hydroxyl groups is 1. The molecule has 1 unspecified atom stereocenters. The molecule has 0 aliphatic carbocycles. The molecule has 0 radical (unpaired) electrons. The average Bonchev–Trinajstić information content (AvgIpc) is 2.38. The fourth-order valence-corrected chi connectivity index (χ4v) is 1.91. The number of nitrogens with two attached hydrogens (primary N) is 1. The Labute approximate surface area is 114 Å². The Morgan fingerprint density at radius 1 is 1.25 bits per heavy atom. The maximum absolute atomic E-state index is 12.3. The van der Waals surface area contributed by atoms with Gasteiger partial charge in [0.1, 0.15) is 11.6 Å². The van der Waals surface area contributed by atoms with Crippen LogP contribution in [0.15, 0.2) is 42.6 Å². The number of rotatable bonds is 5. The van der Waals surface area contributed by atoms with Crippen molar-refractivity contribution in [2.75, 3.05) is 5.73 Å². The lowest BCUT2D eigenvalue weighted by molar-refractivity contribution is -0.0515. The molecule has 106 valence electrons. The standard InChI is InChI=1S/C14H14F2N2O2/c15-14(16)20-12-4-2-1-3-10(12)11(19)7-9-5-6-18-13(17)8-9/h1-6,8,11,14,19H,7H2,(H2,17,18). The summed E-state index contributed by atoms with van der Waals surface area (Å²) in [5.74, 6) is 0.309. The van der Waals surface area contributed by atoms with E-state index in [9.17, 15) is 13.9 Å². The smallest absolute Gasteiger partial charge is 0.387 e. The van der Waals surface area contributed by atoms with E-state index in [4.69, 9.17) is 5.73 Å². The molecule has 0 saturated heterocycles. The number of nitrogen functional groups attached to an aromatic ring is 1. The predicted octanol–water partition coefficient (Wildman–Crippen LogP) is 2.54. The fraction of sp³-hybridized carbons (Fsp3) is 0.214. The first kappa shape index (κ1) is 14.2. The van der Waals surface area contributed by atoms with Crippen molar-refractivity contribution in [1.29, 1.82) is 0 Å². The Balaban J connectivity index is 2.18. The van der Waals surface area contributed by atoms with Crippen LogP contribution in [0.4, 0.5) is 14.6 Å². The zero-order valence-electron chi connectivity index (χ0n) is 10.5. The number of aromatic nitrogens is 1. The first-order valence-electron chi connectivity index (χ1n) is 5.98. The van der Waals surface area contributed by atoms with Gasteiger partial charge in [0.2, 0.25) is 0 Å². The van der Waals surface area contributed by atoms with Gasteiger partial charge in [0.05, 0.1) is 6.10 Å². The van der Waals surface area contributed by atoms with Crippen LogP contribution >= 0.6 is 0 Å². The van der Waals surface area contributed by atoms with Crippen LogP contribution in [-0.4, -0.2) is 16.7 Å². The van der Waals surface area contributed by atoms with Gasteiger partial charge in [-0.1, -0.05) is 18.2 Å². The second-order valence-electron chi connectivity index (χ2n) is 4.23. The number of hydrogen-bond donors (Lipinski definition) is 2. The highest BCUT2D eigenvalue weighted by Crippen LogP contribution is 2.28. The average molecular weight is 280 g/mol. The highest BCUT2D eigenvalue weighted by Gasteiger charge is 2.16. The van der Waals surface area contributed by atoms with Crippen LogP contribution < -0.4 is 10.5 Å². The van der Waals surface area contributed by atoms with Gasteiger partial charge in [-0.3, -0.25) is 0 Å². The molecule has 0 bridgehead atoms. The molecule has 0 amide bonds. The largest absolute Gasteiger partial charge is 0.434 e. The van der Waals surface area contributed by atoms with Crippen LogP contribution in [0.25, 0.3) is 0 Å². The number of anilines is 1. The Morgan fingerprint density at radius 2 is 2.00 bits per heavy atom. The van der Waals surface area contributed by atoms with Crippen molar-refractivity contribution in [2.45, 2.75) is 19.1 Å². The minimum Gasteiger partial charge on any atom is -0.434 e. The van der Waals surface area contributed by atoms with Crippen LogP contribution in [-0.2, 0) is 6.42 Å². The highest BCUT2D eigenvalue weighted by molar-refractivity contribution is 5.37. The van der Waals surface area contributed by atoms with Gasteiger partial charge >= 0.3 is 6.61 Å². The Kier molecular flexibility index (Phi) is 4.47. The number of aliphatic hydroxyl groups excluding tert-OH is 1. The molecule has 0 spiro atoms. The van der Waals surface area contributed by atoms with Crippen molar-refractivity contribution in [1.82, 2.24) is 4.98 Å². The summed E-state index contributed by atoms with van der Waals surface area (Å²) in [6, 6.07) is 9.49. The number of hydrogen-bond acceptors (Lipinski definition) is 4. The molecular formula is C14H14F2N2O2. The van der Waals surface area contributed by atoms with Crippen molar-refractivity contribution in [3.05, 3.63) is 53.7 Å². The third-order valence-corrected chi connectivity index (χ3v) is 2.77. The Morgan fingerprint density at radius 3 is 2.70 bits per heavy atom. The molecule has 2 aromatic rings. The van der Waals surface area contributed by atoms with Crippen molar-refractivity contribution in [3.8, 4) is 5.75 Å². The van der Waals surface area contributed by atoms with Gasteiger partial charge in [-0.2, -0.15) is 8.78 Å². The summed E-state index contributed by atoms with van der Waals surface area (Å²) in [7, 11) is 0. The summed E-state index contributed by atoms with van der Waals surface area (Å²) in [4.78, 5) is 3.85. The normalized spacial score (nSPS) is 12.4. The van der Waals surface area contributed by atoms with Gasteiger partial charge in [0.25, 0.3) is 0 Å². The maximum atomic E-state index is 12.3. The number of para-hydroxylation sites is 1. The molecule has 1 aromatic heterocycles. The van der Waals surface area contributed by atoms with E-state index < -0.39 is 12.7 Å². The number of benzene rings is 1. The van der Waals surface area contributed by atoms with Gasteiger partial charge < -0.3 is 15.6 Å².